The molecule has 0 bridgehead atoms. The fourth-order valence-electron chi connectivity index (χ4n) is 2.99. The van der Waals surface area contributed by atoms with E-state index < -0.39 is 0 Å². The van der Waals surface area contributed by atoms with Gasteiger partial charge in [-0.1, -0.05) is 22.0 Å². The minimum Gasteiger partial charge on any atom is -0.493 e. The summed E-state index contributed by atoms with van der Waals surface area (Å²) in [6.07, 6.45) is 0. The van der Waals surface area contributed by atoms with Crippen molar-refractivity contribution in [3.8, 4) is 5.88 Å². The van der Waals surface area contributed by atoms with E-state index in [0.717, 1.165) is 32.6 Å². The molecule has 1 fully saturated rings. The lowest BCUT2D eigenvalue weighted by Crippen LogP contribution is -2.22. The Labute approximate surface area is 159 Å². The third-order valence-electron chi connectivity index (χ3n) is 4.65. The molecule has 0 amide bonds. The van der Waals surface area contributed by atoms with Gasteiger partial charge < -0.3 is 9.67 Å². The quantitative estimate of drug-likeness (QED) is 0.500. The number of aromatic nitrogens is 1. The topological polar surface area (TPSA) is 49.9 Å². The third kappa shape index (κ3) is 2.98. The highest BCUT2D eigenvalue weighted by molar-refractivity contribution is 9.10. The van der Waals surface area contributed by atoms with E-state index in [1.807, 2.05) is 52.7 Å². The molecule has 6 heteroatoms. The summed E-state index contributed by atoms with van der Waals surface area (Å²) in [6, 6.07) is 12.3. The summed E-state index contributed by atoms with van der Waals surface area (Å²) >= 11 is 5.40. The van der Waals surface area contributed by atoms with Gasteiger partial charge in [-0.25, -0.2) is 0 Å². The van der Waals surface area contributed by atoms with Crippen molar-refractivity contribution in [1.29, 1.82) is 0 Å². The van der Waals surface area contributed by atoms with Crippen molar-refractivity contribution in [3.05, 3.63) is 52.0 Å². The van der Waals surface area contributed by atoms with Crippen molar-refractivity contribution in [2.24, 2.45) is 10.2 Å². The van der Waals surface area contributed by atoms with Crippen LogP contribution in [-0.2, 0) is 0 Å². The normalized spacial score (nSPS) is 15.2. The third-order valence-corrected chi connectivity index (χ3v) is 6.39. The number of hydrogen-bond donors (Lipinski definition) is 1. The highest BCUT2D eigenvalue weighted by Gasteiger charge is 2.27. The predicted octanol–water partition coefficient (Wildman–Crippen LogP) is 6.43. The molecular formula is C19H18BrN3OS. The number of aryl methyl sites for hydroxylation is 2. The van der Waals surface area contributed by atoms with Gasteiger partial charge in [-0.3, -0.25) is 0 Å². The molecule has 0 spiro atoms. The maximum Gasteiger partial charge on any atom is 0.221 e. The number of fused-ring (bicyclic) bond motifs is 1. The van der Waals surface area contributed by atoms with Crippen molar-refractivity contribution in [3.63, 3.8) is 0 Å². The lowest BCUT2D eigenvalue weighted by Gasteiger charge is -2.27. The monoisotopic (exact) mass is 415 g/mol. The summed E-state index contributed by atoms with van der Waals surface area (Å²) < 4.78 is 2.95. The van der Waals surface area contributed by atoms with Crippen molar-refractivity contribution in [1.82, 2.24) is 4.57 Å². The van der Waals surface area contributed by atoms with Crippen LogP contribution < -0.4 is 0 Å². The largest absolute Gasteiger partial charge is 0.493 e. The molecule has 3 aromatic rings. The Hall–Kier alpha value is -1.79. The Morgan fingerprint density at radius 2 is 1.88 bits per heavy atom. The zero-order valence-corrected chi connectivity index (χ0v) is 16.4. The Bertz CT molecular complexity index is 992. The van der Waals surface area contributed by atoms with Gasteiger partial charge in [0.1, 0.15) is 0 Å². The summed E-state index contributed by atoms with van der Waals surface area (Å²) in [5, 5.41) is 20.5. The SMILES string of the molecule is Cc1ccc(N=Nc2c(O)n(C3CSC3)c3ccc(Br)cc23)cc1C. The van der Waals surface area contributed by atoms with Crippen LogP contribution in [0.15, 0.2) is 51.1 Å². The first-order chi connectivity index (χ1) is 12.0. The number of hydrogen-bond acceptors (Lipinski definition) is 4. The van der Waals surface area contributed by atoms with Crippen LogP contribution in [0.4, 0.5) is 11.4 Å². The van der Waals surface area contributed by atoms with E-state index in [1.165, 1.54) is 11.1 Å². The van der Waals surface area contributed by atoms with Crippen LogP contribution in [0.5, 0.6) is 5.88 Å². The van der Waals surface area contributed by atoms with Crippen LogP contribution >= 0.6 is 27.7 Å². The maximum absolute atomic E-state index is 10.8. The van der Waals surface area contributed by atoms with Crippen LogP contribution in [0, 0.1) is 13.8 Å². The molecule has 1 aliphatic rings. The van der Waals surface area contributed by atoms with Crippen LogP contribution in [0.25, 0.3) is 10.9 Å². The van der Waals surface area contributed by atoms with E-state index >= 15 is 0 Å². The zero-order chi connectivity index (χ0) is 17.6. The van der Waals surface area contributed by atoms with E-state index in [-0.39, 0.29) is 5.88 Å². The van der Waals surface area contributed by atoms with E-state index in [9.17, 15) is 5.11 Å². The Morgan fingerprint density at radius 3 is 2.56 bits per heavy atom. The number of azo groups is 1. The smallest absolute Gasteiger partial charge is 0.221 e. The van der Waals surface area contributed by atoms with Crippen molar-refractivity contribution in [2.75, 3.05) is 11.5 Å². The number of thioether (sulfide) groups is 1. The summed E-state index contributed by atoms with van der Waals surface area (Å²) in [5.74, 6) is 2.23. The van der Waals surface area contributed by atoms with Gasteiger partial charge in [-0.05, 0) is 55.3 Å². The number of benzene rings is 2. The molecule has 0 saturated carbocycles. The molecule has 0 unspecified atom stereocenters. The first-order valence-electron chi connectivity index (χ1n) is 8.14. The fourth-order valence-corrected chi connectivity index (χ4v) is 4.10. The number of halogens is 1. The Balaban J connectivity index is 1.83. The fraction of sp³-hybridized carbons (Fsp3) is 0.263. The first kappa shape index (κ1) is 16.7. The molecule has 0 aliphatic carbocycles. The molecule has 0 atom stereocenters. The number of rotatable bonds is 3. The zero-order valence-electron chi connectivity index (χ0n) is 14.0. The summed E-state index contributed by atoms with van der Waals surface area (Å²) in [7, 11) is 0. The van der Waals surface area contributed by atoms with Gasteiger partial charge in [0, 0.05) is 21.4 Å². The molecule has 1 N–H and O–H groups in total. The summed E-state index contributed by atoms with van der Waals surface area (Å²) in [5.41, 5.74) is 4.73. The number of nitrogens with zero attached hydrogens (tertiary/aromatic N) is 3. The van der Waals surface area contributed by atoms with E-state index in [0.29, 0.717) is 11.7 Å². The Morgan fingerprint density at radius 1 is 1.08 bits per heavy atom. The van der Waals surface area contributed by atoms with E-state index in [1.54, 1.807) is 0 Å². The minimum absolute atomic E-state index is 0.200. The second-order valence-corrected chi connectivity index (χ2v) is 8.35. The van der Waals surface area contributed by atoms with Crippen LogP contribution in [0.3, 0.4) is 0 Å². The molecule has 0 radical (unpaired) electrons. The Kier molecular flexibility index (Phi) is 4.33. The first-order valence-corrected chi connectivity index (χ1v) is 10.1. The van der Waals surface area contributed by atoms with E-state index in [2.05, 4.69) is 40.0 Å². The van der Waals surface area contributed by atoms with Crippen LogP contribution in [0.2, 0.25) is 0 Å². The van der Waals surface area contributed by atoms with Gasteiger partial charge >= 0.3 is 0 Å². The van der Waals surface area contributed by atoms with Crippen LogP contribution in [-0.4, -0.2) is 21.2 Å². The second kappa shape index (κ2) is 6.50. The molecule has 4 rings (SSSR count). The van der Waals surface area contributed by atoms with Crippen molar-refractivity contribution in [2.45, 2.75) is 19.9 Å². The lowest BCUT2D eigenvalue weighted by atomic mass is 10.1. The molecule has 1 aromatic heterocycles. The van der Waals surface area contributed by atoms with Crippen LogP contribution in [0.1, 0.15) is 17.2 Å². The molecule has 25 heavy (non-hydrogen) atoms. The predicted molar refractivity (Wildman–Crippen MR) is 108 cm³/mol. The van der Waals surface area contributed by atoms with Gasteiger partial charge in [0.25, 0.3) is 0 Å². The standard InChI is InChI=1S/C19H18BrN3OS/c1-11-3-5-14(7-12(11)2)21-22-18-16-8-13(20)4-6-17(16)23(19(18)24)15-9-25-10-15/h3-8,15,24H,9-10H2,1-2H3. The molecular weight excluding hydrogens is 398 g/mol. The molecule has 2 aromatic carbocycles. The maximum atomic E-state index is 10.8. The van der Waals surface area contributed by atoms with Gasteiger partial charge in [-0.2, -0.15) is 16.9 Å². The summed E-state index contributed by atoms with van der Waals surface area (Å²) in [4.78, 5) is 0. The van der Waals surface area contributed by atoms with Crippen molar-refractivity contribution >= 4 is 50.0 Å². The average molecular weight is 416 g/mol. The summed E-state index contributed by atoms with van der Waals surface area (Å²) in [6.45, 7) is 4.13. The molecule has 1 saturated heterocycles. The van der Waals surface area contributed by atoms with E-state index in [4.69, 9.17) is 0 Å². The average Bonchev–Trinajstić information content (AvgIpc) is 2.79. The molecule has 128 valence electrons. The molecule has 2 heterocycles. The highest BCUT2D eigenvalue weighted by atomic mass is 79.9. The van der Waals surface area contributed by atoms with Gasteiger partial charge in [0.2, 0.25) is 5.88 Å². The van der Waals surface area contributed by atoms with Gasteiger partial charge in [-0.15, -0.1) is 5.11 Å². The van der Waals surface area contributed by atoms with Gasteiger partial charge in [0.15, 0.2) is 5.69 Å². The lowest BCUT2D eigenvalue weighted by molar-refractivity contribution is 0.406. The highest BCUT2D eigenvalue weighted by Crippen LogP contribution is 2.45. The van der Waals surface area contributed by atoms with Crippen molar-refractivity contribution < 1.29 is 5.11 Å². The van der Waals surface area contributed by atoms with Gasteiger partial charge in [0.05, 0.1) is 17.2 Å². The molecule has 1 aliphatic heterocycles. The minimum atomic E-state index is 0.200. The second-order valence-electron chi connectivity index (χ2n) is 6.36. The molecule has 4 nitrogen and oxygen atoms in total. The number of aromatic hydroxyl groups is 1.